The Bertz CT molecular complexity index is 523. The number of nitrogens with zero attached hydrogens (tertiary/aromatic N) is 1. The Hall–Kier alpha value is -2.37. The number of aromatic hydroxyl groups is 1. The van der Waals surface area contributed by atoms with Crippen LogP contribution >= 0.6 is 0 Å². The number of hydrogen-bond donors (Lipinski definition) is 2. The molecular weight excluding hydrogens is 248 g/mol. The fraction of sp³-hybridized carbons (Fsp3) is 0.308. The summed E-state index contributed by atoms with van der Waals surface area (Å²) < 4.78 is 4.70. The number of esters is 1. The van der Waals surface area contributed by atoms with Gasteiger partial charge in [-0.3, -0.25) is 0 Å². The first-order valence-corrected chi connectivity index (χ1v) is 5.77. The van der Waals surface area contributed by atoms with Crippen LogP contribution in [0.15, 0.2) is 23.2 Å². The van der Waals surface area contributed by atoms with Gasteiger partial charge in [0.2, 0.25) is 0 Å². The molecule has 0 radical (unpaired) electrons. The van der Waals surface area contributed by atoms with Crippen LogP contribution in [0.5, 0.6) is 5.75 Å². The molecule has 2 amide bonds. The minimum absolute atomic E-state index is 0.0495. The van der Waals surface area contributed by atoms with Gasteiger partial charge in [-0.05, 0) is 38.5 Å². The summed E-state index contributed by atoms with van der Waals surface area (Å²) in [4.78, 5) is 26.4. The molecule has 1 rings (SSSR count). The molecule has 0 aliphatic carbocycles. The summed E-state index contributed by atoms with van der Waals surface area (Å²) in [5, 5.41) is 12.0. The number of aryl methyl sites for hydroxylation is 1. The number of rotatable bonds is 3. The van der Waals surface area contributed by atoms with Gasteiger partial charge in [0.1, 0.15) is 11.5 Å². The second kappa shape index (κ2) is 6.53. The topological polar surface area (TPSA) is 88.0 Å². The lowest BCUT2D eigenvalue weighted by molar-refractivity contribution is -0.135. The van der Waals surface area contributed by atoms with E-state index in [1.807, 2.05) is 6.92 Å². The Morgan fingerprint density at radius 1 is 1.42 bits per heavy atom. The number of ether oxygens (including phenoxy) is 1. The molecule has 0 spiro atoms. The van der Waals surface area contributed by atoms with Crippen molar-refractivity contribution in [2.45, 2.75) is 20.8 Å². The molecule has 1 aromatic rings. The lowest BCUT2D eigenvalue weighted by atomic mass is 10.2. The van der Waals surface area contributed by atoms with E-state index in [4.69, 9.17) is 4.74 Å². The van der Waals surface area contributed by atoms with Crippen LogP contribution in [0.3, 0.4) is 0 Å². The van der Waals surface area contributed by atoms with E-state index < -0.39 is 12.0 Å². The zero-order chi connectivity index (χ0) is 14.4. The third-order valence-electron chi connectivity index (χ3n) is 2.23. The number of nitrogens with one attached hydrogen (secondary N) is 1. The van der Waals surface area contributed by atoms with Gasteiger partial charge in [0.25, 0.3) is 0 Å². The molecule has 2 N–H and O–H groups in total. The number of amides is 2. The van der Waals surface area contributed by atoms with Crippen molar-refractivity contribution in [3.05, 3.63) is 23.8 Å². The molecule has 0 aliphatic rings. The maximum atomic E-state index is 11.6. The summed E-state index contributed by atoms with van der Waals surface area (Å²) in [5.41, 5.74) is 1.07. The standard InChI is InChI=1S/C13H16N2O4/c1-4-19-12(17)9(3)14-13(18)15-10-7-8(2)5-6-11(10)16/h5-7,16H,4H2,1-3H3,(H,15,18). The van der Waals surface area contributed by atoms with Gasteiger partial charge in [-0.25, -0.2) is 9.59 Å². The second-order valence-corrected chi connectivity index (χ2v) is 3.87. The molecule has 0 aromatic heterocycles. The Kier molecular flexibility index (Phi) is 5.05. The molecule has 102 valence electrons. The number of aliphatic imine (C=N–C) groups is 1. The maximum absolute atomic E-state index is 11.6. The van der Waals surface area contributed by atoms with Crippen LogP contribution < -0.4 is 5.32 Å². The van der Waals surface area contributed by atoms with Crippen molar-refractivity contribution in [3.63, 3.8) is 0 Å². The van der Waals surface area contributed by atoms with Crippen molar-refractivity contribution < 1.29 is 19.4 Å². The number of benzene rings is 1. The molecule has 0 saturated heterocycles. The summed E-state index contributed by atoms with van der Waals surface area (Å²) in [6, 6.07) is 4.03. The Morgan fingerprint density at radius 3 is 2.74 bits per heavy atom. The number of carbonyl (C=O) groups excluding carboxylic acids is 2. The first kappa shape index (κ1) is 14.7. The van der Waals surface area contributed by atoms with Crippen LogP contribution in [-0.2, 0) is 9.53 Å². The van der Waals surface area contributed by atoms with Crippen molar-refractivity contribution in [2.75, 3.05) is 11.9 Å². The molecule has 0 bridgehead atoms. The second-order valence-electron chi connectivity index (χ2n) is 3.87. The van der Waals surface area contributed by atoms with Crippen LogP contribution in [0, 0.1) is 6.92 Å². The van der Waals surface area contributed by atoms with Gasteiger partial charge in [0, 0.05) is 0 Å². The highest BCUT2D eigenvalue weighted by Gasteiger charge is 2.10. The average Bonchev–Trinajstić information content (AvgIpc) is 2.34. The summed E-state index contributed by atoms with van der Waals surface area (Å²) >= 11 is 0. The molecule has 0 aliphatic heterocycles. The van der Waals surface area contributed by atoms with Gasteiger partial charge in [-0.15, -0.1) is 0 Å². The number of carbonyl (C=O) groups is 2. The van der Waals surface area contributed by atoms with E-state index >= 15 is 0 Å². The lowest BCUT2D eigenvalue weighted by Crippen LogP contribution is -2.18. The molecule has 0 atom stereocenters. The summed E-state index contributed by atoms with van der Waals surface area (Å²) in [5.74, 6) is -0.714. The van der Waals surface area contributed by atoms with Gasteiger partial charge in [0.05, 0.1) is 12.3 Å². The van der Waals surface area contributed by atoms with E-state index in [1.54, 1.807) is 19.1 Å². The summed E-state index contributed by atoms with van der Waals surface area (Å²) in [7, 11) is 0. The highest BCUT2D eigenvalue weighted by Crippen LogP contribution is 2.23. The van der Waals surface area contributed by atoms with E-state index in [2.05, 4.69) is 10.3 Å². The predicted octanol–water partition coefficient (Wildman–Crippen LogP) is 2.26. The van der Waals surface area contributed by atoms with Gasteiger partial charge >= 0.3 is 12.0 Å². The van der Waals surface area contributed by atoms with Gasteiger partial charge in [-0.2, -0.15) is 4.99 Å². The molecule has 6 nitrogen and oxygen atoms in total. The van der Waals surface area contributed by atoms with E-state index in [-0.39, 0.29) is 23.8 Å². The van der Waals surface area contributed by atoms with Crippen LogP contribution in [0.4, 0.5) is 10.5 Å². The van der Waals surface area contributed by atoms with Crippen molar-refractivity contribution >= 4 is 23.4 Å². The number of urea groups is 1. The number of anilines is 1. The quantitative estimate of drug-likeness (QED) is 0.498. The van der Waals surface area contributed by atoms with Crippen molar-refractivity contribution in [1.82, 2.24) is 0 Å². The zero-order valence-corrected chi connectivity index (χ0v) is 11.1. The monoisotopic (exact) mass is 264 g/mol. The molecule has 0 fully saturated rings. The van der Waals surface area contributed by atoms with Crippen molar-refractivity contribution in [1.29, 1.82) is 0 Å². The van der Waals surface area contributed by atoms with Crippen LogP contribution in [-0.4, -0.2) is 29.4 Å². The summed E-state index contributed by atoms with van der Waals surface area (Å²) in [6.07, 6.45) is 0. The Morgan fingerprint density at radius 2 is 2.11 bits per heavy atom. The fourth-order valence-electron chi connectivity index (χ4n) is 1.33. The lowest BCUT2D eigenvalue weighted by Gasteiger charge is -2.06. The number of phenols is 1. The Labute approximate surface area is 111 Å². The van der Waals surface area contributed by atoms with E-state index in [1.165, 1.54) is 13.0 Å². The SMILES string of the molecule is CCOC(=O)C(C)=NC(=O)Nc1cc(C)ccc1O. The zero-order valence-electron chi connectivity index (χ0n) is 11.1. The number of phenolic OH excluding ortho intramolecular Hbond substituents is 1. The highest BCUT2D eigenvalue weighted by atomic mass is 16.5. The normalized spacial score (nSPS) is 11.0. The predicted molar refractivity (Wildman–Crippen MR) is 71.6 cm³/mol. The van der Waals surface area contributed by atoms with Gasteiger partial charge in [-0.1, -0.05) is 6.07 Å². The molecule has 6 heteroatoms. The van der Waals surface area contributed by atoms with E-state index in [0.29, 0.717) is 0 Å². The third kappa shape index (κ3) is 4.42. The molecule has 1 aromatic carbocycles. The minimum Gasteiger partial charge on any atom is -0.506 e. The number of hydrogen-bond acceptors (Lipinski definition) is 4. The molecule has 0 unspecified atom stereocenters. The summed E-state index contributed by atoms with van der Waals surface area (Å²) in [6.45, 7) is 5.08. The smallest absolute Gasteiger partial charge is 0.352 e. The van der Waals surface area contributed by atoms with Gasteiger partial charge < -0.3 is 15.2 Å². The highest BCUT2D eigenvalue weighted by molar-refractivity contribution is 6.37. The molecule has 19 heavy (non-hydrogen) atoms. The largest absolute Gasteiger partial charge is 0.506 e. The fourth-order valence-corrected chi connectivity index (χ4v) is 1.33. The Balaban J connectivity index is 2.77. The maximum Gasteiger partial charge on any atom is 0.352 e. The minimum atomic E-state index is -0.744. The van der Waals surface area contributed by atoms with Crippen molar-refractivity contribution in [3.8, 4) is 5.75 Å². The molecule has 0 saturated carbocycles. The third-order valence-corrected chi connectivity index (χ3v) is 2.23. The first-order chi connectivity index (χ1) is 8.93. The van der Waals surface area contributed by atoms with Gasteiger partial charge in [0.15, 0.2) is 0 Å². The average molecular weight is 264 g/mol. The van der Waals surface area contributed by atoms with E-state index in [0.717, 1.165) is 5.56 Å². The van der Waals surface area contributed by atoms with Crippen LogP contribution in [0.2, 0.25) is 0 Å². The van der Waals surface area contributed by atoms with Crippen molar-refractivity contribution in [2.24, 2.45) is 4.99 Å². The first-order valence-electron chi connectivity index (χ1n) is 5.77. The molecule has 0 heterocycles. The van der Waals surface area contributed by atoms with Crippen LogP contribution in [0.25, 0.3) is 0 Å². The van der Waals surface area contributed by atoms with Crippen LogP contribution in [0.1, 0.15) is 19.4 Å². The van der Waals surface area contributed by atoms with E-state index in [9.17, 15) is 14.7 Å². The molecular formula is C13H16N2O4.